The molecule has 2 rings (SSSR count). The first kappa shape index (κ1) is 12.1. The van der Waals surface area contributed by atoms with E-state index >= 15 is 0 Å². The average molecular weight is 245 g/mol. The summed E-state index contributed by atoms with van der Waals surface area (Å²) in [4.78, 5) is 15.5. The number of carbonyl (C=O) groups excluding carboxylic acids is 1. The predicted molar refractivity (Wildman–Crippen MR) is 68.0 cm³/mol. The van der Waals surface area contributed by atoms with Crippen LogP contribution in [0.15, 0.2) is 36.8 Å². The Kier molecular flexibility index (Phi) is 3.90. The van der Waals surface area contributed by atoms with Crippen molar-refractivity contribution < 1.29 is 4.79 Å². The molecule has 2 aromatic rings. The zero-order chi connectivity index (χ0) is 12.8. The minimum absolute atomic E-state index is 0.258. The quantitative estimate of drug-likeness (QED) is 0.859. The van der Waals surface area contributed by atoms with E-state index in [1.165, 1.54) is 0 Å². The largest absolute Gasteiger partial charge is 0.332 e. The van der Waals surface area contributed by atoms with Gasteiger partial charge in [0.2, 0.25) is 0 Å². The average Bonchev–Trinajstić information content (AvgIpc) is 2.85. The van der Waals surface area contributed by atoms with Crippen molar-refractivity contribution >= 4 is 11.7 Å². The van der Waals surface area contributed by atoms with Gasteiger partial charge in [-0.3, -0.25) is 9.67 Å². The molecule has 0 aliphatic heterocycles. The van der Waals surface area contributed by atoms with Crippen LogP contribution < -0.4 is 10.6 Å². The van der Waals surface area contributed by atoms with Crippen molar-refractivity contribution in [2.24, 2.45) is 0 Å². The summed E-state index contributed by atoms with van der Waals surface area (Å²) in [5.74, 6) is 0. The van der Waals surface area contributed by atoms with Crippen LogP contribution in [0.25, 0.3) is 0 Å². The molecule has 0 aliphatic carbocycles. The number of urea groups is 1. The summed E-state index contributed by atoms with van der Waals surface area (Å²) in [6.45, 7) is 3.24. The van der Waals surface area contributed by atoms with Gasteiger partial charge in [0.25, 0.3) is 0 Å². The third kappa shape index (κ3) is 3.07. The van der Waals surface area contributed by atoms with Gasteiger partial charge < -0.3 is 10.6 Å². The highest BCUT2D eigenvalue weighted by atomic mass is 16.2. The van der Waals surface area contributed by atoms with Gasteiger partial charge in [0.1, 0.15) is 0 Å². The third-order valence-corrected chi connectivity index (χ3v) is 2.45. The molecule has 2 N–H and O–H groups in total. The summed E-state index contributed by atoms with van der Waals surface area (Å²) in [5.41, 5.74) is 1.64. The monoisotopic (exact) mass is 245 g/mol. The van der Waals surface area contributed by atoms with Gasteiger partial charge in [0, 0.05) is 18.9 Å². The summed E-state index contributed by atoms with van der Waals surface area (Å²) in [6.07, 6.45) is 4.97. The number of nitrogens with one attached hydrogen (secondary N) is 2. The molecule has 2 heterocycles. The third-order valence-electron chi connectivity index (χ3n) is 2.45. The number of aromatic nitrogens is 3. The molecule has 0 radical (unpaired) electrons. The highest BCUT2D eigenvalue weighted by molar-refractivity contribution is 5.88. The van der Waals surface area contributed by atoms with Gasteiger partial charge >= 0.3 is 6.03 Å². The van der Waals surface area contributed by atoms with E-state index in [4.69, 9.17) is 0 Å². The highest BCUT2D eigenvalue weighted by Gasteiger charge is 2.04. The molecule has 0 aliphatic rings. The van der Waals surface area contributed by atoms with Crippen molar-refractivity contribution in [2.45, 2.75) is 20.0 Å². The Morgan fingerprint density at radius 3 is 3.00 bits per heavy atom. The van der Waals surface area contributed by atoms with E-state index in [1.807, 2.05) is 17.7 Å². The van der Waals surface area contributed by atoms with Crippen LogP contribution in [0, 0.1) is 0 Å². The zero-order valence-electron chi connectivity index (χ0n) is 10.1. The molecule has 0 aromatic carbocycles. The zero-order valence-corrected chi connectivity index (χ0v) is 10.1. The first-order valence-electron chi connectivity index (χ1n) is 5.75. The van der Waals surface area contributed by atoms with Crippen LogP contribution in [0.2, 0.25) is 0 Å². The van der Waals surface area contributed by atoms with Gasteiger partial charge in [-0.15, -0.1) is 0 Å². The lowest BCUT2D eigenvalue weighted by atomic mass is 10.4. The smallest absolute Gasteiger partial charge is 0.319 e. The molecule has 94 valence electrons. The Morgan fingerprint density at radius 2 is 2.28 bits per heavy atom. The number of hydrogen-bond acceptors (Lipinski definition) is 3. The Balaban J connectivity index is 1.85. The van der Waals surface area contributed by atoms with Crippen molar-refractivity contribution in [3.05, 3.63) is 42.5 Å². The summed E-state index contributed by atoms with van der Waals surface area (Å²) in [7, 11) is 0. The molecule has 2 aromatic heterocycles. The molecular weight excluding hydrogens is 230 g/mol. The number of rotatable bonds is 4. The number of aryl methyl sites for hydroxylation is 1. The van der Waals surface area contributed by atoms with E-state index in [0.717, 1.165) is 12.2 Å². The second-order valence-corrected chi connectivity index (χ2v) is 3.69. The fourth-order valence-corrected chi connectivity index (χ4v) is 1.58. The van der Waals surface area contributed by atoms with Gasteiger partial charge in [-0.1, -0.05) is 0 Å². The van der Waals surface area contributed by atoms with Crippen molar-refractivity contribution in [2.75, 3.05) is 5.32 Å². The lowest BCUT2D eigenvalue weighted by Gasteiger charge is -2.08. The summed E-state index contributed by atoms with van der Waals surface area (Å²) >= 11 is 0. The topological polar surface area (TPSA) is 71.8 Å². The van der Waals surface area contributed by atoms with E-state index in [2.05, 4.69) is 20.7 Å². The number of nitrogens with zero attached hydrogens (tertiary/aromatic N) is 3. The second kappa shape index (κ2) is 5.81. The molecule has 6 heteroatoms. The number of anilines is 1. The van der Waals surface area contributed by atoms with Crippen molar-refractivity contribution in [1.29, 1.82) is 0 Å². The Labute approximate surface area is 105 Å². The summed E-state index contributed by atoms with van der Waals surface area (Å²) < 4.78 is 1.84. The van der Waals surface area contributed by atoms with Crippen LogP contribution in [0.4, 0.5) is 10.5 Å². The number of hydrogen-bond donors (Lipinski definition) is 2. The number of amides is 2. The summed E-state index contributed by atoms with van der Waals surface area (Å²) in [5, 5.41) is 9.60. The maximum atomic E-state index is 11.6. The SMILES string of the molecule is CCn1nccc1CNC(=O)Nc1cccnc1. The molecule has 0 atom stereocenters. The van der Waals surface area contributed by atoms with Crippen LogP contribution >= 0.6 is 0 Å². The van der Waals surface area contributed by atoms with Crippen LogP contribution in [0.3, 0.4) is 0 Å². The highest BCUT2D eigenvalue weighted by Crippen LogP contribution is 2.02. The van der Waals surface area contributed by atoms with Gasteiger partial charge in [-0.25, -0.2) is 4.79 Å². The minimum atomic E-state index is -0.258. The molecule has 0 unspecified atom stereocenters. The van der Waals surface area contributed by atoms with Crippen LogP contribution in [-0.4, -0.2) is 20.8 Å². The molecule has 0 bridgehead atoms. The molecule has 0 spiro atoms. The fourth-order valence-electron chi connectivity index (χ4n) is 1.58. The Hall–Kier alpha value is -2.37. The van der Waals surface area contributed by atoms with Crippen LogP contribution in [0.5, 0.6) is 0 Å². The van der Waals surface area contributed by atoms with E-state index < -0.39 is 0 Å². The Morgan fingerprint density at radius 1 is 1.39 bits per heavy atom. The minimum Gasteiger partial charge on any atom is -0.332 e. The first-order valence-corrected chi connectivity index (χ1v) is 5.75. The van der Waals surface area contributed by atoms with E-state index in [1.54, 1.807) is 30.7 Å². The molecular formula is C12H15N5O. The van der Waals surface area contributed by atoms with Gasteiger partial charge in [0.05, 0.1) is 24.1 Å². The van der Waals surface area contributed by atoms with E-state index in [-0.39, 0.29) is 6.03 Å². The van der Waals surface area contributed by atoms with Gasteiger partial charge in [-0.2, -0.15) is 5.10 Å². The standard InChI is InChI=1S/C12H15N5O/c1-2-17-11(5-7-15-17)9-14-12(18)16-10-4-3-6-13-8-10/h3-8H,2,9H2,1H3,(H2,14,16,18). The molecule has 6 nitrogen and oxygen atoms in total. The van der Waals surface area contributed by atoms with Gasteiger partial charge in [0.15, 0.2) is 0 Å². The number of pyridine rings is 1. The maximum Gasteiger partial charge on any atom is 0.319 e. The van der Waals surface area contributed by atoms with Gasteiger partial charge in [-0.05, 0) is 25.1 Å². The fraction of sp³-hybridized carbons (Fsp3) is 0.250. The van der Waals surface area contributed by atoms with E-state index in [9.17, 15) is 4.79 Å². The molecule has 0 saturated carbocycles. The first-order chi connectivity index (χ1) is 8.79. The predicted octanol–water partition coefficient (Wildman–Crippen LogP) is 1.62. The Bertz CT molecular complexity index is 508. The summed E-state index contributed by atoms with van der Waals surface area (Å²) in [6, 6.07) is 5.17. The maximum absolute atomic E-state index is 11.6. The van der Waals surface area contributed by atoms with Crippen LogP contribution in [0.1, 0.15) is 12.6 Å². The molecule has 2 amide bonds. The lowest BCUT2D eigenvalue weighted by Crippen LogP contribution is -2.29. The van der Waals surface area contributed by atoms with E-state index in [0.29, 0.717) is 12.2 Å². The number of carbonyl (C=O) groups is 1. The normalized spacial score (nSPS) is 10.1. The van der Waals surface area contributed by atoms with Crippen molar-refractivity contribution in [3.63, 3.8) is 0 Å². The van der Waals surface area contributed by atoms with Crippen molar-refractivity contribution in [3.8, 4) is 0 Å². The molecule has 0 fully saturated rings. The molecule has 18 heavy (non-hydrogen) atoms. The van der Waals surface area contributed by atoms with Crippen molar-refractivity contribution in [1.82, 2.24) is 20.1 Å². The lowest BCUT2D eigenvalue weighted by molar-refractivity contribution is 0.251. The molecule has 0 saturated heterocycles. The van der Waals surface area contributed by atoms with Crippen LogP contribution in [-0.2, 0) is 13.1 Å². The second-order valence-electron chi connectivity index (χ2n) is 3.69.